The third kappa shape index (κ3) is 5.34. The van der Waals surface area contributed by atoms with E-state index in [1.807, 2.05) is 0 Å². The highest BCUT2D eigenvalue weighted by Crippen LogP contribution is 2.44. The van der Waals surface area contributed by atoms with Gasteiger partial charge in [0.25, 0.3) is 0 Å². The summed E-state index contributed by atoms with van der Waals surface area (Å²) in [5, 5.41) is 9.61. The molecule has 2 heteroatoms. The summed E-state index contributed by atoms with van der Waals surface area (Å²) in [6.07, 6.45) is 0. The molecule has 262 valence electrons. The normalized spacial score (nSPS) is 11.6. The lowest BCUT2D eigenvalue weighted by atomic mass is 9.92. The van der Waals surface area contributed by atoms with Gasteiger partial charge in [0.2, 0.25) is 0 Å². The number of para-hydroxylation sites is 1. The molecule has 56 heavy (non-hydrogen) atoms. The number of nitrogens with zero attached hydrogens (tertiary/aromatic N) is 1. The molecule has 0 unspecified atom stereocenters. The predicted molar refractivity (Wildman–Crippen MR) is 237 cm³/mol. The Labute approximate surface area is 325 Å². The molecule has 0 fully saturated rings. The van der Waals surface area contributed by atoms with Crippen molar-refractivity contribution >= 4 is 71.3 Å². The van der Waals surface area contributed by atoms with Crippen molar-refractivity contribution in [2.75, 3.05) is 4.90 Å². The van der Waals surface area contributed by atoms with Crippen molar-refractivity contribution in [1.82, 2.24) is 0 Å². The maximum Gasteiger partial charge on any atom is 0.143 e. The molecular weight excluding hydrogens is 679 g/mol. The molecule has 0 aliphatic rings. The Morgan fingerprint density at radius 1 is 0.304 bits per heavy atom. The SMILES string of the molecule is c1ccc(-c2ccc(N(c3ccc4c(c3)oc3c5ccccc5ccc43)c3ccccc3-c3ccc(-c4cc5ccccc5c5ccccc45)cc3)cc2)cc1. The van der Waals surface area contributed by atoms with Gasteiger partial charge in [-0.1, -0.05) is 164 Å². The minimum absolute atomic E-state index is 0.865. The number of hydrogen-bond donors (Lipinski definition) is 0. The number of rotatable bonds is 6. The molecule has 0 aliphatic carbocycles. The second kappa shape index (κ2) is 13.2. The second-order valence-electron chi connectivity index (χ2n) is 14.5. The lowest BCUT2D eigenvalue weighted by Crippen LogP contribution is -2.11. The summed E-state index contributed by atoms with van der Waals surface area (Å²) in [5.41, 5.74) is 12.1. The smallest absolute Gasteiger partial charge is 0.143 e. The second-order valence-corrected chi connectivity index (χ2v) is 14.5. The van der Waals surface area contributed by atoms with Crippen LogP contribution in [0.3, 0.4) is 0 Å². The van der Waals surface area contributed by atoms with Crippen LogP contribution < -0.4 is 4.90 Å². The fraction of sp³-hybridized carbons (Fsp3) is 0. The van der Waals surface area contributed by atoms with Gasteiger partial charge in [-0.3, -0.25) is 0 Å². The largest absolute Gasteiger partial charge is 0.455 e. The van der Waals surface area contributed by atoms with Gasteiger partial charge in [0.1, 0.15) is 11.2 Å². The number of anilines is 3. The van der Waals surface area contributed by atoms with Crippen LogP contribution in [0.15, 0.2) is 217 Å². The molecule has 10 aromatic carbocycles. The Kier molecular flexibility index (Phi) is 7.53. The van der Waals surface area contributed by atoms with E-state index in [-0.39, 0.29) is 0 Å². The van der Waals surface area contributed by atoms with Crippen molar-refractivity contribution < 1.29 is 4.42 Å². The summed E-state index contributed by atoms with van der Waals surface area (Å²) in [6.45, 7) is 0. The zero-order chi connectivity index (χ0) is 37.0. The molecule has 0 bridgehead atoms. The molecule has 0 atom stereocenters. The van der Waals surface area contributed by atoms with Gasteiger partial charge in [0.05, 0.1) is 5.69 Å². The van der Waals surface area contributed by atoms with E-state index < -0.39 is 0 Å². The van der Waals surface area contributed by atoms with Crippen LogP contribution >= 0.6 is 0 Å². The zero-order valence-electron chi connectivity index (χ0n) is 30.6. The maximum absolute atomic E-state index is 6.71. The summed E-state index contributed by atoms with van der Waals surface area (Å²) >= 11 is 0. The van der Waals surface area contributed by atoms with E-state index in [9.17, 15) is 0 Å². The van der Waals surface area contributed by atoms with Crippen LogP contribution in [0.5, 0.6) is 0 Å². The molecule has 0 saturated heterocycles. The first kappa shape index (κ1) is 32.0. The molecule has 0 amide bonds. The van der Waals surface area contributed by atoms with Crippen molar-refractivity contribution in [1.29, 1.82) is 0 Å². The third-order valence-electron chi connectivity index (χ3n) is 11.3. The van der Waals surface area contributed by atoms with Gasteiger partial charge >= 0.3 is 0 Å². The lowest BCUT2D eigenvalue weighted by Gasteiger charge is -2.28. The molecule has 1 aromatic heterocycles. The van der Waals surface area contributed by atoms with Gasteiger partial charge in [0.15, 0.2) is 0 Å². The van der Waals surface area contributed by atoms with Crippen molar-refractivity contribution in [3.8, 4) is 33.4 Å². The van der Waals surface area contributed by atoms with Gasteiger partial charge < -0.3 is 9.32 Å². The van der Waals surface area contributed by atoms with Crippen LogP contribution in [-0.4, -0.2) is 0 Å². The quantitative estimate of drug-likeness (QED) is 0.160. The number of hydrogen-bond acceptors (Lipinski definition) is 2. The fourth-order valence-corrected chi connectivity index (χ4v) is 8.53. The first-order valence-electron chi connectivity index (χ1n) is 19.2. The van der Waals surface area contributed by atoms with Gasteiger partial charge in [-0.25, -0.2) is 0 Å². The molecule has 11 rings (SSSR count). The molecule has 0 saturated carbocycles. The minimum atomic E-state index is 0.865. The molecule has 2 nitrogen and oxygen atoms in total. The van der Waals surface area contributed by atoms with Gasteiger partial charge in [0, 0.05) is 39.2 Å². The Hall–Kier alpha value is -7.42. The molecule has 1 heterocycles. The van der Waals surface area contributed by atoms with E-state index in [0.29, 0.717) is 0 Å². The summed E-state index contributed by atoms with van der Waals surface area (Å²) in [5.74, 6) is 0. The standard InChI is InChI=1S/C54H35NO/c1-2-12-36(13-3-1)37-26-29-42(30-27-37)55(43-31-33-49-50-32-28-38-14-4-7-18-46(38)54(50)56-53(49)35-43)52-21-11-10-17-45(52)39-22-24-40(25-23-39)51-34-41-15-5-6-16-44(41)47-19-8-9-20-48(47)51/h1-35H. The highest BCUT2D eigenvalue weighted by atomic mass is 16.3. The van der Waals surface area contributed by atoms with E-state index in [1.165, 1.54) is 49.2 Å². The molecule has 0 N–H and O–H groups in total. The van der Waals surface area contributed by atoms with Crippen LogP contribution in [-0.2, 0) is 0 Å². The first-order valence-corrected chi connectivity index (χ1v) is 19.2. The van der Waals surface area contributed by atoms with E-state index in [4.69, 9.17) is 4.42 Å². The Morgan fingerprint density at radius 2 is 0.875 bits per heavy atom. The average molecular weight is 714 g/mol. The summed E-state index contributed by atoms with van der Waals surface area (Å²) in [7, 11) is 0. The van der Waals surface area contributed by atoms with Crippen LogP contribution in [0, 0.1) is 0 Å². The number of furan rings is 1. The zero-order valence-corrected chi connectivity index (χ0v) is 30.6. The highest BCUT2D eigenvalue weighted by molar-refractivity contribution is 6.16. The maximum atomic E-state index is 6.71. The van der Waals surface area contributed by atoms with Gasteiger partial charge in [-0.05, 0) is 97.2 Å². The van der Waals surface area contributed by atoms with Crippen molar-refractivity contribution in [2.24, 2.45) is 0 Å². The molecule has 0 aliphatic heterocycles. The lowest BCUT2D eigenvalue weighted by molar-refractivity contribution is 0.672. The number of benzene rings is 10. The monoisotopic (exact) mass is 713 g/mol. The molecule has 0 spiro atoms. The predicted octanol–water partition coefficient (Wildman–Crippen LogP) is 15.5. The van der Waals surface area contributed by atoms with Gasteiger partial charge in [-0.2, -0.15) is 0 Å². The van der Waals surface area contributed by atoms with Crippen molar-refractivity contribution in [2.45, 2.75) is 0 Å². The fourth-order valence-electron chi connectivity index (χ4n) is 8.53. The molecule has 11 aromatic rings. The van der Waals surface area contributed by atoms with Crippen LogP contribution in [0.2, 0.25) is 0 Å². The van der Waals surface area contributed by atoms with E-state index in [0.717, 1.165) is 55.5 Å². The summed E-state index contributed by atoms with van der Waals surface area (Å²) in [6, 6.07) is 76.4. The number of fused-ring (bicyclic) bond motifs is 8. The topological polar surface area (TPSA) is 16.4 Å². The summed E-state index contributed by atoms with van der Waals surface area (Å²) in [4.78, 5) is 2.36. The first-order chi connectivity index (χ1) is 27.8. The van der Waals surface area contributed by atoms with Crippen LogP contribution in [0.25, 0.3) is 87.6 Å². The molecule has 0 radical (unpaired) electrons. The van der Waals surface area contributed by atoms with Crippen molar-refractivity contribution in [3.63, 3.8) is 0 Å². The Bertz CT molecular complexity index is 3230. The van der Waals surface area contributed by atoms with E-state index in [1.54, 1.807) is 0 Å². The van der Waals surface area contributed by atoms with E-state index >= 15 is 0 Å². The third-order valence-corrected chi connectivity index (χ3v) is 11.3. The Balaban J connectivity index is 1.05. The van der Waals surface area contributed by atoms with Crippen molar-refractivity contribution in [3.05, 3.63) is 212 Å². The highest BCUT2D eigenvalue weighted by Gasteiger charge is 2.20. The minimum Gasteiger partial charge on any atom is -0.455 e. The van der Waals surface area contributed by atoms with Gasteiger partial charge in [-0.15, -0.1) is 0 Å². The average Bonchev–Trinajstić information content (AvgIpc) is 3.66. The molecular formula is C54H35NO. The van der Waals surface area contributed by atoms with Crippen LogP contribution in [0.4, 0.5) is 17.1 Å². The summed E-state index contributed by atoms with van der Waals surface area (Å²) < 4.78 is 6.71. The van der Waals surface area contributed by atoms with E-state index in [2.05, 4.69) is 217 Å². The van der Waals surface area contributed by atoms with Crippen LogP contribution in [0.1, 0.15) is 0 Å². The Morgan fingerprint density at radius 3 is 1.68 bits per heavy atom.